The van der Waals surface area contributed by atoms with Gasteiger partial charge in [-0.3, -0.25) is 9.69 Å². The molecule has 0 aromatic heterocycles. The second-order valence-corrected chi connectivity index (χ2v) is 6.05. The van der Waals surface area contributed by atoms with Crippen molar-refractivity contribution in [2.24, 2.45) is 5.92 Å². The fraction of sp³-hybridized carbons (Fsp3) is 0.562. The first-order valence-electron chi connectivity index (χ1n) is 7.44. The molecule has 3 N–H and O–H groups in total. The van der Waals surface area contributed by atoms with Gasteiger partial charge in [-0.05, 0) is 56.0 Å². The van der Waals surface area contributed by atoms with E-state index in [0.29, 0.717) is 24.2 Å². The molecule has 1 saturated carbocycles. The van der Waals surface area contributed by atoms with E-state index < -0.39 is 0 Å². The highest BCUT2D eigenvalue weighted by Gasteiger charge is 2.29. The molecule has 0 saturated heterocycles. The lowest BCUT2D eigenvalue weighted by Gasteiger charge is -2.22. The molecule has 1 aromatic rings. The van der Waals surface area contributed by atoms with Crippen molar-refractivity contribution < 1.29 is 4.79 Å². The minimum atomic E-state index is 0.0606. The van der Waals surface area contributed by atoms with Gasteiger partial charge in [0.15, 0.2) is 0 Å². The summed E-state index contributed by atoms with van der Waals surface area (Å²) in [5.74, 6) is 0.738. The molecular weight excluding hydrogens is 250 g/mol. The number of anilines is 2. The highest BCUT2D eigenvalue weighted by molar-refractivity contribution is 5.92. The van der Waals surface area contributed by atoms with E-state index in [9.17, 15) is 4.79 Å². The van der Waals surface area contributed by atoms with Gasteiger partial charge in [0.05, 0.1) is 6.54 Å². The Hall–Kier alpha value is -1.55. The zero-order valence-corrected chi connectivity index (χ0v) is 12.4. The van der Waals surface area contributed by atoms with Gasteiger partial charge in [0, 0.05) is 17.4 Å². The summed E-state index contributed by atoms with van der Waals surface area (Å²) < 4.78 is 0. The van der Waals surface area contributed by atoms with Crippen LogP contribution in [0.1, 0.15) is 33.1 Å². The molecule has 1 amide bonds. The second kappa shape index (κ2) is 6.75. The summed E-state index contributed by atoms with van der Waals surface area (Å²) >= 11 is 0. The molecule has 20 heavy (non-hydrogen) atoms. The standard InChI is InChI=1S/C16H25N3O/c1-12(2)9-10-19(15-7-8-15)11-16(20)18-14-5-3-13(17)4-6-14/h3-6,12,15H,7-11,17H2,1-2H3,(H,18,20). The average Bonchev–Trinajstić information content (AvgIpc) is 3.21. The number of amides is 1. The van der Waals surface area contributed by atoms with Crippen molar-refractivity contribution >= 4 is 17.3 Å². The molecule has 1 fully saturated rings. The number of hydrogen-bond acceptors (Lipinski definition) is 3. The van der Waals surface area contributed by atoms with Crippen LogP contribution in [-0.4, -0.2) is 29.9 Å². The summed E-state index contributed by atoms with van der Waals surface area (Å²) in [5.41, 5.74) is 7.15. The molecule has 0 unspecified atom stereocenters. The maximum atomic E-state index is 12.1. The molecule has 1 aliphatic rings. The van der Waals surface area contributed by atoms with E-state index in [0.717, 1.165) is 18.7 Å². The van der Waals surface area contributed by atoms with Gasteiger partial charge in [0.2, 0.25) is 5.91 Å². The summed E-state index contributed by atoms with van der Waals surface area (Å²) in [6.07, 6.45) is 3.60. The minimum Gasteiger partial charge on any atom is -0.399 e. The van der Waals surface area contributed by atoms with Crippen molar-refractivity contribution in [3.8, 4) is 0 Å². The van der Waals surface area contributed by atoms with Gasteiger partial charge in [0.1, 0.15) is 0 Å². The van der Waals surface area contributed by atoms with Crippen LogP contribution in [0.4, 0.5) is 11.4 Å². The third-order valence-electron chi connectivity index (χ3n) is 3.60. The normalized spacial score (nSPS) is 14.8. The maximum Gasteiger partial charge on any atom is 0.238 e. The fourth-order valence-corrected chi connectivity index (χ4v) is 2.21. The Morgan fingerprint density at radius 3 is 2.55 bits per heavy atom. The molecule has 4 nitrogen and oxygen atoms in total. The number of nitrogens with one attached hydrogen (secondary N) is 1. The minimum absolute atomic E-state index is 0.0606. The third kappa shape index (κ3) is 4.85. The Bertz CT molecular complexity index is 438. The molecule has 0 spiro atoms. The van der Waals surface area contributed by atoms with Crippen LogP contribution in [0.15, 0.2) is 24.3 Å². The van der Waals surface area contributed by atoms with Crippen molar-refractivity contribution in [2.75, 3.05) is 24.1 Å². The maximum absolute atomic E-state index is 12.1. The van der Waals surface area contributed by atoms with Gasteiger partial charge in [-0.15, -0.1) is 0 Å². The lowest BCUT2D eigenvalue weighted by atomic mass is 10.1. The number of nitrogens with two attached hydrogens (primary N) is 1. The van der Waals surface area contributed by atoms with Crippen LogP contribution >= 0.6 is 0 Å². The van der Waals surface area contributed by atoms with Crippen molar-refractivity contribution in [1.29, 1.82) is 0 Å². The summed E-state index contributed by atoms with van der Waals surface area (Å²) in [5, 5.41) is 2.93. The molecule has 2 rings (SSSR count). The SMILES string of the molecule is CC(C)CCN(CC(=O)Nc1ccc(N)cc1)C1CC1. The first-order valence-corrected chi connectivity index (χ1v) is 7.44. The van der Waals surface area contributed by atoms with Crippen LogP contribution in [0.2, 0.25) is 0 Å². The van der Waals surface area contributed by atoms with Crippen molar-refractivity contribution in [3.05, 3.63) is 24.3 Å². The van der Waals surface area contributed by atoms with Gasteiger partial charge in [0.25, 0.3) is 0 Å². The largest absolute Gasteiger partial charge is 0.399 e. The monoisotopic (exact) mass is 275 g/mol. The van der Waals surface area contributed by atoms with Gasteiger partial charge < -0.3 is 11.1 Å². The number of nitrogen functional groups attached to an aromatic ring is 1. The lowest BCUT2D eigenvalue weighted by molar-refractivity contribution is -0.117. The molecule has 4 heteroatoms. The third-order valence-corrected chi connectivity index (χ3v) is 3.60. The van der Waals surface area contributed by atoms with Crippen LogP contribution in [0.3, 0.4) is 0 Å². The highest BCUT2D eigenvalue weighted by atomic mass is 16.2. The van der Waals surface area contributed by atoms with Gasteiger partial charge in [-0.25, -0.2) is 0 Å². The smallest absolute Gasteiger partial charge is 0.238 e. The van der Waals surface area contributed by atoms with Gasteiger partial charge in [-0.1, -0.05) is 13.8 Å². The van der Waals surface area contributed by atoms with E-state index >= 15 is 0 Å². The summed E-state index contributed by atoms with van der Waals surface area (Å²) in [6, 6.07) is 7.89. The zero-order chi connectivity index (χ0) is 14.5. The van der Waals surface area contributed by atoms with Crippen LogP contribution in [0.5, 0.6) is 0 Å². The lowest BCUT2D eigenvalue weighted by Crippen LogP contribution is -2.36. The van der Waals surface area contributed by atoms with Crippen LogP contribution in [-0.2, 0) is 4.79 Å². The quantitative estimate of drug-likeness (QED) is 0.752. The Morgan fingerprint density at radius 1 is 1.35 bits per heavy atom. The predicted molar refractivity (Wildman–Crippen MR) is 83.5 cm³/mol. The van der Waals surface area contributed by atoms with E-state index in [1.54, 1.807) is 12.1 Å². The van der Waals surface area contributed by atoms with E-state index in [2.05, 4.69) is 24.1 Å². The number of hydrogen-bond donors (Lipinski definition) is 2. The Balaban J connectivity index is 1.83. The van der Waals surface area contributed by atoms with Crippen molar-refractivity contribution in [2.45, 2.75) is 39.2 Å². The van der Waals surface area contributed by atoms with Crippen molar-refractivity contribution in [3.63, 3.8) is 0 Å². The zero-order valence-electron chi connectivity index (χ0n) is 12.4. The molecule has 0 atom stereocenters. The number of nitrogens with zero attached hydrogens (tertiary/aromatic N) is 1. The van der Waals surface area contributed by atoms with Gasteiger partial charge >= 0.3 is 0 Å². The van der Waals surface area contributed by atoms with E-state index in [4.69, 9.17) is 5.73 Å². The topological polar surface area (TPSA) is 58.4 Å². The highest BCUT2D eigenvalue weighted by Crippen LogP contribution is 2.27. The molecule has 110 valence electrons. The average molecular weight is 275 g/mol. The van der Waals surface area contributed by atoms with Crippen LogP contribution < -0.4 is 11.1 Å². The molecule has 0 aliphatic heterocycles. The molecule has 1 aromatic carbocycles. The first-order chi connectivity index (χ1) is 9.54. The van der Waals surface area contributed by atoms with E-state index in [1.165, 1.54) is 12.8 Å². The first kappa shape index (κ1) is 14.9. The summed E-state index contributed by atoms with van der Waals surface area (Å²) in [7, 11) is 0. The second-order valence-electron chi connectivity index (χ2n) is 6.05. The number of carbonyl (C=O) groups is 1. The molecule has 0 heterocycles. The Labute approximate surface area is 121 Å². The Kier molecular flexibility index (Phi) is 5.01. The van der Waals surface area contributed by atoms with Crippen LogP contribution in [0, 0.1) is 5.92 Å². The molecule has 0 bridgehead atoms. The fourth-order valence-electron chi connectivity index (χ4n) is 2.21. The number of carbonyl (C=O) groups excluding carboxylic acids is 1. The summed E-state index contributed by atoms with van der Waals surface area (Å²) in [4.78, 5) is 14.4. The summed E-state index contributed by atoms with van der Waals surface area (Å²) in [6.45, 7) is 5.94. The van der Waals surface area contributed by atoms with Crippen molar-refractivity contribution in [1.82, 2.24) is 4.90 Å². The Morgan fingerprint density at radius 2 is 2.00 bits per heavy atom. The molecular formula is C16H25N3O. The van der Waals surface area contributed by atoms with E-state index in [1.807, 2.05) is 12.1 Å². The van der Waals surface area contributed by atoms with Crippen LogP contribution in [0.25, 0.3) is 0 Å². The predicted octanol–water partition coefficient (Wildman–Crippen LogP) is 2.72. The van der Waals surface area contributed by atoms with E-state index in [-0.39, 0.29) is 5.91 Å². The van der Waals surface area contributed by atoms with Gasteiger partial charge in [-0.2, -0.15) is 0 Å². The molecule has 1 aliphatic carbocycles. The molecule has 0 radical (unpaired) electrons. The number of benzene rings is 1. The number of rotatable bonds is 7.